The van der Waals surface area contributed by atoms with Crippen molar-refractivity contribution in [2.75, 3.05) is 13.7 Å². The summed E-state index contributed by atoms with van der Waals surface area (Å²) in [5.74, 6) is -1.05. The van der Waals surface area contributed by atoms with Crippen molar-refractivity contribution in [2.45, 2.75) is 25.5 Å². The molecule has 0 unspecified atom stereocenters. The number of esters is 1. The summed E-state index contributed by atoms with van der Waals surface area (Å²) in [5.41, 5.74) is 0.840. The van der Waals surface area contributed by atoms with Crippen LogP contribution in [-0.4, -0.2) is 37.7 Å². The van der Waals surface area contributed by atoms with E-state index in [2.05, 4.69) is 21.9 Å². The average Bonchev–Trinajstić information content (AvgIpc) is 2.61. The van der Waals surface area contributed by atoms with E-state index >= 15 is 0 Å². The van der Waals surface area contributed by atoms with E-state index in [9.17, 15) is 14.4 Å². The SMILES string of the molecule is C=CCC[C@@H](NC(=O)CNC(=O)OCc1ccccc1)C(=O)OC. The van der Waals surface area contributed by atoms with Gasteiger partial charge in [0.2, 0.25) is 5.91 Å². The molecule has 1 aromatic carbocycles. The van der Waals surface area contributed by atoms with Crippen molar-refractivity contribution >= 4 is 18.0 Å². The van der Waals surface area contributed by atoms with Gasteiger partial charge in [-0.15, -0.1) is 6.58 Å². The molecule has 1 atom stereocenters. The number of alkyl carbamates (subject to hydrolysis) is 1. The monoisotopic (exact) mass is 334 g/mol. The van der Waals surface area contributed by atoms with Crippen molar-refractivity contribution in [3.8, 4) is 0 Å². The molecule has 7 heteroatoms. The Morgan fingerprint density at radius 2 is 1.96 bits per heavy atom. The molecule has 0 aliphatic carbocycles. The number of hydrogen-bond acceptors (Lipinski definition) is 5. The number of carbonyl (C=O) groups excluding carboxylic acids is 3. The number of rotatable bonds is 9. The van der Waals surface area contributed by atoms with Gasteiger partial charge in [-0.05, 0) is 18.4 Å². The van der Waals surface area contributed by atoms with Gasteiger partial charge in [0.1, 0.15) is 19.2 Å². The molecule has 0 fully saturated rings. The predicted octanol–water partition coefficient (Wildman–Crippen LogP) is 1.54. The van der Waals surface area contributed by atoms with Gasteiger partial charge in [-0.1, -0.05) is 36.4 Å². The van der Waals surface area contributed by atoms with Crippen molar-refractivity contribution in [1.29, 1.82) is 0 Å². The molecule has 130 valence electrons. The molecule has 1 rings (SSSR count). The molecule has 0 aliphatic rings. The van der Waals surface area contributed by atoms with E-state index < -0.39 is 24.0 Å². The van der Waals surface area contributed by atoms with Crippen molar-refractivity contribution < 1.29 is 23.9 Å². The fourth-order valence-corrected chi connectivity index (χ4v) is 1.85. The number of carbonyl (C=O) groups is 3. The Hall–Kier alpha value is -2.83. The normalized spacial score (nSPS) is 11.0. The molecule has 2 N–H and O–H groups in total. The average molecular weight is 334 g/mol. The van der Waals surface area contributed by atoms with Gasteiger partial charge in [0.25, 0.3) is 0 Å². The summed E-state index contributed by atoms with van der Waals surface area (Å²) in [6.07, 6.45) is 1.85. The Kier molecular flexibility index (Phi) is 8.67. The van der Waals surface area contributed by atoms with Crippen LogP contribution in [0.4, 0.5) is 4.79 Å². The Morgan fingerprint density at radius 3 is 2.58 bits per heavy atom. The third-order valence-corrected chi connectivity index (χ3v) is 3.09. The second kappa shape index (κ2) is 10.8. The molecule has 0 saturated carbocycles. The van der Waals surface area contributed by atoms with Gasteiger partial charge in [0, 0.05) is 0 Å². The van der Waals surface area contributed by atoms with Gasteiger partial charge in [-0.2, -0.15) is 0 Å². The first-order valence-electron chi connectivity index (χ1n) is 7.49. The number of amides is 2. The molecule has 0 saturated heterocycles. The summed E-state index contributed by atoms with van der Waals surface area (Å²) in [6.45, 7) is 3.38. The maximum Gasteiger partial charge on any atom is 0.407 e. The zero-order valence-corrected chi connectivity index (χ0v) is 13.6. The topological polar surface area (TPSA) is 93.7 Å². The summed E-state index contributed by atoms with van der Waals surface area (Å²) in [5, 5.41) is 4.83. The van der Waals surface area contributed by atoms with Gasteiger partial charge in [-0.3, -0.25) is 4.79 Å². The van der Waals surface area contributed by atoms with E-state index in [1.165, 1.54) is 7.11 Å². The number of ether oxygens (including phenoxy) is 2. The first-order valence-corrected chi connectivity index (χ1v) is 7.49. The molecule has 0 radical (unpaired) electrons. The van der Waals surface area contributed by atoms with E-state index in [1.54, 1.807) is 6.08 Å². The van der Waals surface area contributed by atoms with Crippen LogP contribution >= 0.6 is 0 Å². The van der Waals surface area contributed by atoms with Gasteiger partial charge >= 0.3 is 12.1 Å². The lowest BCUT2D eigenvalue weighted by Gasteiger charge is -2.16. The first kappa shape index (κ1) is 19.2. The summed E-state index contributed by atoms with van der Waals surface area (Å²) in [7, 11) is 1.24. The molecule has 0 spiro atoms. The zero-order chi connectivity index (χ0) is 17.8. The Bertz CT molecular complexity index is 559. The number of nitrogens with one attached hydrogen (secondary N) is 2. The first-order chi connectivity index (χ1) is 11.6. The lowest BCUT2D eigenvalue weighted by Crippen LogP contribution is -2.46. The Labute approximate surface area is 141 Å². The van der Waals surface area contributed by atoms with Gasteiger partial charge in [0.15, 0.2) is 0 Å². The molecule has 1 aromatic rings. The summed E-state index contributed by atoms with van der Waals surface area (Å²) in [6, 6.07) is 8.39. The highest BCUT2D eigenvalue weighted by Gasteiger charge is 2.20. The Balaban J connectivity index is 2.33. The van der Waals surface area contributed by atoms with E-state index in [4.69, 9.17) is 4.74 Å². The highest BCUT2D eigenvalue weighted by Crippen LogP contribution is 2.01. The molecule has 0 aliphatic heterocycles. The van der Waals surface area contributed by atoms with Crippen LogP contribution in [0.25, 0.3) is 0 Å². The van der Waals surface area contributed by atoms with Crippen LogP contribution in [-0.2, 0) is 25.7 Å². The second-order valence-corrected chi connectivity index (χ2v) is 4.92. The standard InChI is InChI=1S/C17H22N2O5/c1-3-4-10-14(16(21)23-2)19-15(20)11-18-17(22)24-12-13-8-6-5-7-9-13/h3,5-9,14H,1,4,10-12H2,2H3,(H,18,22)(H,19,20)/t14-/m1/s1. The molecule has 0 bridgehead atoms. The highest BCUT2D eigenvalue weighted by atomic mass is 16.5. The van der Waals surface area contributed by atoms with Crippen LogP contribution in [0.2, 0.25) is 0 Å². The van der Waals surface area contributed by atoms with Crippen LogP contribution in [0.3, 0.4) is 0 Å². The molecule has 0 aromatic heterocycles. The van der Waals surface area contributed by atoms with E-state index in [0.29, 0.717) is 12.8 Å². The second-order valence-electron chi connectivity index (χ2n) is 4.92. The van der Waals surface area contributed by atoms with Crippen molar-refractivity contribution in [3.63, 3.8) is 0 Å². The largest absolute Gasteiger partial charge is 0.467 e. The van der Waals surface area contributed by atoms with Crippen molar-refractivity contribution in [2.24, 2.45) is 0 Å². The minimum atomic E-state index is -0.775. The van der Waals surface area contributed by atoms with Crippen LogP contribution in [0.5, 0.6) is 0 Å². The van der Waals surface area contributed by atoms with Gasteiger partial charge in [-0.25, -0.2) is 9.59 Å². The fourth-order valence-electron chi connectivity index (χ4n) is 1.85. The quantitative estimate of drug-likeness (QED) is 0.528. The molecule has 7 nitrogen and oxygen atoms in total. The van der Waals surface area contributed by atoms with Gasteiger partial charge < -0.3 is 20.1 Å². The molecule has 0 heterocycles. The number of methoxy groups -OCH3 is 1. The minimum absolute atomic E-state index is 0.110. The Morgan fingerprint density at radius 1 is 1.25 bits per heavy atom. The van der Waals surface area contributed by atoms with E-state index in [1.807, 2.05) is 30.3 Å². The maximum atomic E-state index is 11.8. The molecule has 2 amide bonds. The van der Waals surface area contributed by atoms with Crippen molar-refractivity contribution in [3.05, 3.63) is 48.6 Å². The smallest absolute Gasteiger partial charge is 0.407 e. The van der Waals surface area contributed by atoms with Crippen LogP contribution < -0.4 is 10.6 Å². The summed E-state index contributed by atoms with van der Waals surface area (Å²) >= 11 is 0. The highest BCUT2D eigenvalue weighted by molar-refractivity contribution is 5.87. The maximum absolute atomic E-state index is 11.8. The minimum Gasteiger partial charge on any atom is -0.467 e. The molecular weight excluding hydrogens is 312 g/mol. The summed E-state index contributed by atoms with van der Waals surface area (Å²) < 4.78 is 9.61. The van der Waals surface area contributed by atoms with Crippen LogP contribution in [0.1, 0.15) is 18.4 Å². The number of hydrogen-bond donors (Lipinski definition) is 2. The van der Waals surface area contributed by atoms with Crippen LogP contribution in [0, 0.1) is 0 Å². The predicted molar refractivity (Wildman–Crippen MR) is 88.0 cm³/mol. The lowest BCUT2D eigenvalue weighted by molar-refractivity contribution is -0.145. The third kappa shape index (κ3) is 7.44. The lowest BCUT2D eigenvalue weighted by atomic mass is 10.1. The van der Waals surface area contributed by atoms with Crippen molar-refractivity contribution in [1.82, 2.24) is 10.6 Å². The van der Waals surface area contributed by atoms with Crippen LogP contribution in [0.15, 0.2) is 43.0 Å². The number of benzene rings is 1. The fraction of sp³-hybridized carbons (Fsp3) is 0.353. The van der Waals surface area contributed by atoms with E-state index in [0.717, 1.165) is 5.56 Å². The molecule has 24 heavy (non-hydrogen) atoms. The zero-order valence-electron chi connectivity index (χ0n) is 13.6. The van der Waals surface area contributed by atoms with Gasteiger partial charge in [0.05, 0.1) is 7.11 Å². The molecular formula is C17H22N2O5. The third-order valence-electron chi connectivity index (χ3n) is 3.09. The summed E-state index contributed by atoms with van der Waals surface area (Å²) in [4.78, 5) is 34.9. The number of allylic oxidation sites excluding steroid dienone is 1. The van der Waals surface area contributed by atoms with E-state index in [-0.39, 0.29) is 13.2 Å².